The Labute approximate surface area is 161 Å². The molecule has 7 heteroatoms. The summed E-state index contributed by atoms with van der Waals surface area (Å²) in [5.74, 6) is 0.832. The number of H-pyrrole nitrogens is 2. The van der Waals surface area contributed by atoms with E-state index in [0.717, 1.165) is 17.7 Å². The molecule has 0 saturated carbocycles. The second-order valence-corrected chi connectivity index (χ2v) is 8.27. The number of rotatable bonds is 2. The highest BCUT2D eigenvalue weighted by Gasteiger charge is 2.42. The summed E-state index contributed by atoms with van der Waals surface area (Å²) >= 11 is 5.14. The number of methoxy groups -OCH3 is 1. The second kappa shape index (κ2) is 6.20. The van der Waals surface area contributed by atoms with E-state index in [2.05, 4.69) is 29.1 Å². The van der Waals surface area contributed by atoms with Crippen LogP contribution in [0.25, 0.3) is 0 Å². The number of ether oxygens (including phenoxy) is 1. The number of aromatic amines is 2. The van der Waals surface area contributed by atoms with Gasteiger partial charge in [-0.1, -0.05) is 26.0 Å². The SMILES string of the molecule is COc1cccc([C@H]2C3=C(CC(C)(C)CC3=O)Nc3[nH]c(=S)[nH]c(=O)c32)c1. The highest BCUT2D eigenvalue weighted by atomic mass is 32.1. The summed E-state index contributed by atoms with van der Waals surface area (Å²) in [6.45, 7) is 4.15. The first-order chi connectivity index (χ1) is 12.8. The fourth-order valence-electron chi connectivity index (χ4n) is 4.10. The van der Waals surface area contributed by atoms with Crippen LogP contribution < -0.4 is 15.6 Å². The number of aromatic nitrogens is 2. The van der Waals surface area contributed by atoms with E-state index in [9.17, 15) is 9.59 Å². The monoisotopic (exact) mass is 383 g/mol. The van der Waals surface area contributed by atoms with Crippen LogP contribution in [0.15, 0.2) is 40.3 Å². The number of carbonyl (C=O) groups excluding carboxylic acids is 1. The Morgan fingerprint density at radius 1 is 1.19 bits per heavy atom. The zero-order valence-corrected chi connectivity index (χ0v) is 16.3. The molecule has 0 unspecified atom stereocenters. The van der Waals surface area contributed by atoms with Gasteiger partial charge in [-0.2, -0.15) is 0 Å². The maximum absolute atomic E-state index is 13.1. The van der Waals surface area contributed by atoms with Gasteiger partial charge >= 0.3 is 0 Å². The number of Topliss-reactive ketones (excluding diaryl/α,β-unsaturated/α-hetero) is 1. The van der Waals surface area contributed by atoms with Crippen molar-refractivity contribution in [2.75, 3.05) is 12.4 Å². The molecule has 1 aromatic carbocycles. The normalized spacial score (nSPS) is 20.6. The largest absolute Gasteiger partial charge is 0.497 e. The van der Waals surface area contributed by atoms with Gasteiger partial charge in [0.1, 0.15) is 11.6 Å². The van der Waals surface area contributed by atoms with Crippen LogP contribution >= 0.6 is 12.2 Å². The van der Waals surface area contributed by atoms with Crippen molar-refractivity contribution in [3.8, 4) is 5.75 Å². The van der Waals surface area contributed by atoms with E-state index in [0.29, 0.717) is 29.1 Å². The first kappa shape index (κ1) is 17.7. The van der Waals surface area contributed by atoms with Gasteiger partial charge in [0, 0.05) is 23.6 Å². The highest BCUT2D eigenvalue weighted by molar-refractivity contribution is 7.71. The number of hydrogen-bond donors (Lipinski definition) is 3. The minimum absolute atomic E-state index is 0.0640. The van der Waals surface area contributed by atoms with E-state index in [1.54, 1.807) is 7.11 Å². The number of benzene rings is 1. The average molecular weight is 383 g/mol. The maximum atomic E-state index is 13.1. The molecule has 1 aliphatic heterocycles. The van der Waals surface area contributed by atoms with E-state index in [-0.39, 0.29) is 21.5 Å². The third-order valence-corrected chi connectivity index (χ3v) is 5.38. The third-order valence-electron chi connectivity index (χ3n) is 5.18. The van der Waals surface area contributed by atoms with Crippen molar-refractivity contribution in [1.29, 1.82) is 0 Å². The van der Waals surface area contributed by atoms with Crippen LogP contribution in [0.1, 0.15) is 43.7 Å². The zero-order valence-electron chi connectivity index (χ0n) is 15.4. The smallest absolute Gasteiger partial charge is 0.257 e. The van der Waals surface area contributed by atoms with E-state index in [1.807, 2.05) is 24.3 Å². The van der Waals surface area contributed by atoms with Crippen molar-refractivity contribution in [1.82, 2.24) is 9.97 Å². The molecule has 27 heavy (non-hydrogen) atoms. The van der Waals surface area contributed by atoms with Gasteiger partial charge in [0.25, 0.3) is 5.56 Å². The summed E-state index contributed by atoms with van der Waals surface area (Å²) < 4.78 is 5.60. The topological polar surface area (TPSA) is 87.0 Å². The van der Waals surface area contributed by atoms with Crippen molar-refractivity contribution in [2.24, 2.45) is 5.41 Å². The minimum atomic E-state index is -0.467. The Morgan fingerprint density at radius 2 is 1.96 bits per heavy atom. The van der Waals surface area contributed by atoms with E-state index >= 15 is 0 Å². The molecule has 2 aliphatic rings. The molecule has 2 heterocycles. The van der Waals surface area contributed by atoms with Crippen molar-refractivity contribution >= 4 is 23.8 Å². The predicted octanol–water partition coefficient (Wildman–Crippen LogP) is 3.64. The molecule has 1 aliphatic carbocycles. The molecule has 140 valence electrons. The quantitative estimate of drug-likeness (QED) is 0.689. The molecule has 0 amide bonds. The summed E-state index contributed by atoms with van der Waals surface area (Å²) in [4.78, 5) is 31.6. The van der Waals surface area contributed by atoms with E-state index in [1.165, 1.54) is 0 Å². The van der Waals surface area contributed by atoms with Crippen LogP contribution in [-0.2, 0) is 4.79 Å². The number of anilines is 1. The van der Waals surface area contributed by atoms with Gasteiger partial charge in [0.15, 0.2) is 10.6 Å². The summed E-state index contributed by atoms with van der Waals surface area (Å²) in [5, 5.41) is 3.28. The lowest BCUT2D eigenvalue weighted by atomic mass is 9.69. The number of nitrogens with one attached hydrogen (secondary N) is 3. The Balaban J connectivity index is 2.00. The fraction of sp³-hybridized carbons (Fsp3) is 0.350. The van der Waals surface area contributed by atoms with E-state index < -0.39 is 5.92 Å². The summed E-state index contributed by atoms with van der Waals surface area (Å²) in [5.41, 5.74) is 2.40. The molecule has 6 nitrogen and oxygen atoms in total. The highest BCUT2D eigenvalue weighted by Crippen LogP contribution is 2.47. The number of fused-ring (bicyclic) bond motifs is 1. The molecule has 0 radical (unpaired) electrons. The third kappa shape index (κ3) is 3.02. The molecular formula is C20H21N3O3S. The van der Waals surface area contributed by atoms with Gasteiger partial charge in [0.2, 0.25) is 0 Å². The molecule has 0 saturated heterocycles. The molecule has 3 N–H and O–H groups in total. The number of carbonyl (C=O) groups is 1. The van der Waals surface area contributed by atoms with Gasteiger partial charge in [-0.25, -0.2) is 0 Å². The zero-order chi connectivity index (χ0) is 19.3. The van der Waals surface area contributed by atoms with Crippen molar-refractivity contribution in [2.45, 2.75) is 32.6 Å². The standard InChI is InChI=1S/C20H21N3O3S/c1-20(2)8-12-15(13(24)9-20)14(10-5-4-6-11(7-10)26-3)16-17(21-12)22-19(27)23-18(16)25/h4-7,14H,8-9H2,1-3H3,(H3,21,22,23,25,27)/t14-/m0/s1. The van der Waals surface area contributed by atoms with Gasteiger partial charge in [0.05, 0.1) is 12.7 Å². The molecule has 1 aromatic heterocycles. The maximum Gasteiger partial charge on any atom is 0.257 e. The summed E-state index contributed by atoms with van der Waals surface area (Å²) in [7, 11) is 1.60. The number of ketones is 1. The van der Waals surface area contributed by atoms with Crippen LogP contribution in [0, 0.1) is 10.2 Å². The van der Waals surface area contributed by atoms with Gasteiger partial charge in [-0.05, 0) is 41.7 Å². The van der Waals surface area contributed by atoms with Crippen LogP contribution in [0.2, 0.25) is 0 Å². The molecular weight excluding hydrogens is 362 g/mol. The average Bonchev–Trinajstić information content (AvgIpc) is 2.58. The first-order valence-corrected chi connectivity index (χ1v) is 9.23. The molecule has 0 bridgehead atoms. The second-order valence-electron chi connectivity index (χ2n) is 7.86. The Bertz CT molecular complexity index is 1090. The molecule has 0 fully saturated rings. The molecule has 0 spiro atoms. The number of hydrogen-bond acceptors (Lipinski definition) is 5. The summed E-state index contributed by atoms with van der Waals surface area (Å²) in [6, 6.07) is 7.50. The minimum Gasteiger partial charge on any atom is -0.497 e. The van der Waals surface area contributed by atoms with E-state index in [4.69, 9.17) is 17.0 Å². The Morgan fingerprint density at radius 3 is 2.70 bits per heavy atom. The van der Waals surface area contributed by atoms with Crippen molar-refractivity contribution in [3.05, 3.63) is 61.8 Å². The van der Waals surface area contributed by atoms with Crippen LogP contribution in [0.5, 0.6) is 5.75 Å². The van der Waals surface area contributed by atoms with Crippen LogP contribution in [0.4, 0.5) is 5.82 Å². The first-order valence-electron chi connectivity index (χ1n) is 8.83. The van der Waals surface area contributed by atoms with Crippen molar-refractivity contribution in [3.63, 3.8) is 0 Å². The van der Waals surface area contributed by atoms with Gasteiger partial charge in [-0.3, -0.25) is 14.6 Å². The van der Waals surface area contributed by atoms with Crippen LogP contribution in [0.3, 0.4) is 0 Å². The Kier molecular flexibility index (Phi) is 4.07. The fourth-order valence-corrected chi connectivity index (χ4v) is 4.30. The van der Waals surface area contributed by atoms with Crippen LogP contribution in [-0.4, -0.2) is 22.9 Å². The predicted molar refractivity (Wildman–Crippen MR) is 106 cm³/mol. The molecule has 4 rings (SSSR count). The van der Waals surface area contributed by atoms with Gasteiger partial charge in [-0.15, -0.1) is 0 Å². The number of allylic oxidation sites excluding steroid dienone is 2. The van der Waals surface area contributed by atoms with Crippen molar-refractivity contribution < 1.29 is 9.53 Å². The summed E-state index contributed by atoms with van der Waals surface area (Å²) in [6.07, 6.45) is 1.17. The molecule has 1 atom stereocenters. The lowest BCUT2D eigenvalue weighted by molar-refractivity contribution is -0.118. The Hall–Kier alpha value is -2.67. The molecule has 2 aromatic rings. The van der Waals surface area contributed by atoms with Gasteiger partial charge < -0.3 is 15.0 Å². The lowest BCUT2D eigenvalue weighted by Gasteiger charge is -2.38. The lowest BCUT2D eigenvalue weighted by Crippen LogP contribution is -2.36.